The molecule has 4 rings (SSSR count). The highest BCUT2D eigenvalue weighted by atomic mass is 35.5. The molecule has 2 aromatic carbocycles. The number of halogens is 1. The molecule has 0 unspecified atom stereocenters. The lowest BCUT2D eigenvalue weighted by Gasteiger charge is -2.02. The van der Waals surface area contributed by atoms with Crippen LogP contribution in [0.15, 0.2) is 76.5 Å². The van der Waals surface area contributed by atoms with Crippen LogP contribution in [-0.2, 0) is 0 Å². The molecule has 9 heteroatoms. The first-order chi connectivity index (χ1) is 13.7. The minimum Gasteiger partial charge on any atom is -0.455 e. The quantitative estimate of drug-likeness (QED) is 0.415. The molecule has 0 saturated heterocycles. The normalized spacial score (nSPS) is 11.0. The number of hydrogen-bond acceptors (Lipinski definition) is 6. The van der Waals surface area contributed by atoms with Crippen molar-refractivity contribution in [2.45, 2.75) is 0 Å². The molecule has 0 aliphatic heterocycles. The van der Waals surface area contributed by atoms with Crippen LogP contribution in [0, 0.1) is 0 Å². The third-order valence-corrected chi connectivity index (χ3v) is 4.11. The molecular formula is C19H13ClN6O2. The van der Waals surface area contributed by atoms with E-state index in [1.165, 1.54) is 17.2 Å². The fourth-order valence-corrected chi connectivity index (χ4v) is 2.58. The van der Waals surface area contributed by atoms with Gasteiger partial charge in [0.25, 0.3) is 5.91 Å². The molecule has 2 aromatic heterocycles. The Kier molecular flexibility index (Phi) is 4.94. The van der Waals surface area contributed by atoms with Crippen LogP contribution in [0.5, 0.6) is 0 Å². The second-order valence-electron chi connectivity index (χ2n) is 5.71. The van der Waals surface area contributed by atoms with Crippen molar-refractivity contribution in [2.24, 2.45) is 5.10 Å². The van der Waals surface area contributed by atoms with Crippen LogP contribution in [0.1, 0.15) is 16.1 Å². The van der Waals surface area contributed by atoms with Crippen molar-refractivity contribution in [1.82, 2.24) is 25.6 Å². The van der Waals surface area contributed by atoms with Gasteiger partial charge in [-0.1, -0.05) is 11.6 Å². The number of tetrazole rings is 1. The zero-order chi connectivity index (χ0) is 19.3. The highest BCUT2D eigenvalue weighted by Crippen LogP contribution is 2.23. The van der Waals surface area contributed by atoms with E-state index in [1.807, 2.05) is 18.2 Å². The van der Waals surface area contributed by atoms with Crippen LogP contribution in [-0.4, -0.2) is 32.3 Å². The second kappa shape index (κ2) is 7.85. The van der Waals surface area contributed by atoms with Crippen molar-refractivity contribution in [2.75, 3.05) is 0 Å². The number of nitrogens with one attached hydrogen (secondary N) is 1. The number of carbonyl (C=O) groups excluding carboxylic acids is 1. The number of carbonyl (C=O) groups is 1. The van der Waals surface area contributed by atoms with E-state index < -0.39 is 0 Å². The van der Waals surface area contributed by atoms with E-state index in [4.69, 9.17) is 16.0 Å². The second-order valence-corrected chi connectivity index (χ2v) is 6.15. The summed E-state index contributed by atoms with van der Waals surface area (Å²) in [5, 5.41) is 15.5. The predicted molar refractivity (Wildman–Crippen MR) is 103 cm³/mol. The van der Waals surface area contributed by atoms with Crippen molar-refractivity contribution in [1.29, 1.82) is 0 Å². The molecule has 1 amide bonds. The van der Waals surface area contributed by atoms with Gasteiger partial charge >= 0.3 is 0 Å². The van der Waals surface area contributed by atoms with Gasteiger partial charge in [0.15, 0.2) is 0 Å². The third-order valence-electron chi connectivity index (χ3n) is 3.86. The zero-order valence-corrected chi connectivity index (χ0v) is 15.1. The van der Waals surface area contributed by atoms with Crippen molar-refractivity contribution >= 4 is 23.7 Å². The number of rotatable bonds is 5. The molecule has 0 aliphatic carbocycles. The van der Waals surface area contributed by atoms with Crippen molar-refractivity contribution in [3.63, 3.8) is 0 Å². The molecular weight excluding hydrogens is 380 g/mol. The summed E-state index contributed by atoms with van der Waals surface area (Å²) in [5.41, 5.74) is 4.56. The fourth-order valence-electron chi connectivity index (χ4n) is 2.46. The summed E-state index contributed by atoms with van der Waals surface area (Å²) >= 11 is 5.89. The molecule has 4 aromatic rings. The molecule has 0 aliphatic rings. The summed E-state index contributed by atoms with van der Waals surface area (Å²) in [7, 11) is 0. The molecule has 0 radical (unpaired) electrons. The number of benzene rings is 2. The summed E-state index contributed by atoms with van der Waals surface area (Å²) in [5.74, 6) is 0.853. The first-order valence-corrected chi connectivity index (χ1v) is 8.59. The fraction of sp³-hybridized carbons (Fsp3) is 0. The molecule has 0 saturated carbocycles. The van der Waals surface area contributed by atoms with Crippen LogP contribution in [0.2, 0.25) is 5.02 Å². The molecule has 0 bridgehead atoms. The average molecular weight is 393 g/mol. The monoisotopic (exact) mass is 392 g/mol. The molecule has 0 spiro atoms. The molecule has 2 heterocycles. The Labute approximate surface area is 164 Å². The van der Waals surface area contributed by atoms with Gasteiger partial charge in [0.1, 0.15) is 17.8 Å². The van der Waals surface area contributed by atoms with Crippen LogP contribution < -0.4 is 5.43 Å². The van der Waals surface area contributed by atoms with Crippen LogP contribution in [0.3, 0.4) is 0 Å². The Morgan fingerprint density at radius 2 is 1.86 bits per heavy atom. The molecule has 8 nitrogen and oxygen atoms in total. The van der Waals surface area contributed by atoms with Gasteiger partial charge in [-0.3, -0.25) is 4.79 Å². The highest BCUT2D eigenvalue weighted by molar-refractivity contribution is 6.30. The van der Waals surface area contributed by atoms with Gasteiger partial charge in [-0.25, -0.2) is 10.1 Å². The molecule has 138 valence electrons. The summed E-state index contributed by atoms with van der Waals surface area (Å²) in [6.07, 6.45) is 2.91. The minimum absolute atomic E-state index is 0.344. The smallest absolute Gasteiger partial charge is 0.271 e. The predicted octanol–water partition coefficient (Wildman–Crippen LogP) is 3.34. The first kappa shape index (κ1) is 17.6. The SMILES string of the molecule is O=C(N/N=C/c1ccc(-c2ccc(Cl)cc2)o1)c1ccc(-n2cnnn2)cc1. The summed E-state index contributed by atoms with van der Waals surface area (Å²) in [6.45, 7) is 0. The maximum Gasteiger partial charge on any atom is 0.271 e. The van der Waals surface area contributed by atoms with Gasteiger partial charge in [0, 0.05) is 16.1 Å². The van der Waals surface area contributed by atoms with Gasteiger partial charge in [0.2, 0.25) is 0 Å². The lowest BCUT2D eigenvalue weighted by molar-refractivity contribution is 0.0955. The largest absolute Gasteiger partial charge is 0.455 e. The Bertz CT molecular complexity index is 1100. The minimum atomic E-state index is -0.344. The molecule has 1 N–H and O–H groups in total. The van der Waals surface area contributed by atoms with E-state index in [9.17, 15) is 4.79 Å². The molecule has 28 heavy (non-hydrogen) atoms. The van der Waals surface area contributed by atoms with E-state index >= 15 is 0 Å². The van der Waals surface area contributed by atoms with E-state index in [0.717, 1.165) is 11.3 Å². The van der Waals surface area contributed by atoms with E-state index in [2.05, 4.69) is 26.1 Å². The van der Waals surface area contributed by atoms with Gasteiger partial charge in [-0.15, -0.1) is 5.10 Å². The number of hydrazone groups is 1. The van der Waals surface area contributed by atoms with Crippen LogP contribution in [0.25, 0.3) is 17.0 Å². The van der Waals surface area contributed by atoms with Crippen molar-refractivity contribution in [3.8, 4) is 17.0 Å². The average Bonchev–Trinajstić information content (AvgIpc) is 3.41. The lowest BCUT2D eigenvalue weighted by atomic mass is 10.2. The van der Waals surface area contributed by atoms with E-state index in [0.29, 0.717) is 22.1 Å². The standard InChI is InChI=1S/C19H13ClN6O2/c20-15-5-1-13(2-6-15)18-10-9-17(28-18)11-21-23-19(27)14-3-7-16(8-4-14)26-12-22-24-25-26/h1-12H,(H,23,27)/b21-11+. The summed E-state index contributed by atoms with van der Waals surface area (Å²) in [6, 6.07) is 17.7. The number of furan rings is 1. The van der Waals surface area contributed by atoms with Gasteiger partial charge in [-0.2, -0.15) is 5.10 Å². The van der Waals surface area contributed by atoms with Gasteiger partial charge < -0.3 is 4.42 Å². The molecule has 0 fully saturated rings. The lowest BCUT2D eigenvalue weighted by Crippen LogP contribution is -2.17. The maximum absolute atomic E-state index is 12.2. The molecule has 0 atom stereocenters. The van der Waals surface area contributed by atoms with Crippen molar-refractivity contribution < 1.29 is 9.21 Å². The Morgan fingerprint density at radius 3 is 2.57 bits per heavy atom. The van der Waals surface area contributed by atoms with Crippen LogP contribution >= 0.6 is 11.6 Å². The van der Waals surface area contributed by atoms with E-state index in [-0.39, 0.29) is 5.91 Å². The number of nitrogens with zero attached hydrogens (tertiary/aromatic N) is 5. The van der Waals surface area contributed by atoms with E-state index in [1.54, 1.807) is 42.5 Å². The Hall–Kier alpha value is -3.78. The Morgan fingerprint density at radius 1 is 1.07 bits per heavy atom. The third kappa shape index (κ3) is 3.97. The summed E-state index contributed by atoms with van der Waals surface area (Å²) in [4.78, 5) is 12.2. The Balaban J connectivity index is 1.38. The number of amides is 1. The summed E-state index contributed by atoms with van der Waals surface area (Å²) < 4.78 is 7.18. The van der Waals surface area contributed by atoms with Gasteiger partial charge in [-0.05, 0) is 71.1 Å². The van der Waals surface area contributed by atoms with Gasteiger partial charge in [0.05, 0.1) is 11.9 Å². The van der Waals surface area contributed by atoms with Crippen molar-refractivity contribution in [3.05, 3.63) is 83.3 Å². The zero-order valence-electron chi connectivity index (χ0n) is 14.4. The first-order valence-electron chi connectivity index (χ1n) is 8.22. The van der Waals surface area contributed by atoms with Crippen LogP contribution in [0.4, 0.5) is 0 Å². The highest BCUT2D eigenvalue weighted by Gasteiger charge is 2.06. The maximum atomic E-state index is 12.2. The topological polar surface area (TPSA) is 98.2 Å². The number of aromatic nitrogens is 4. The number of hydrogen-bond donors (Lipinski definition) is 1.